The van der Waals surface area contributed by atoms with Gasteiger partial charge in [0.15, 0.2) is 0 Å². The van der Waals surface area contributed by atoms with Gasteiger partial charge in [0.1, 0.15) is 11.5 Å². The predicted molar refractivity (Wildman–Crippen MR) is 103 cm³/mol. The van der Waals surface area contributed by atoms with Gasteiger partial charge in [-0.25, -0.2) is 4.79 Å². The Kier molecular flexibility index (Phi) is 5.64. The highest BCUT2D eigenvalue weighted by Crippen LogP contribution is 2.28. The van der Waals surface area contributed by atoms with Gasteiger partial charge in [-0.05, 0) is 60.7 Å². The van der Waals surface area contributed by atoms with Crippen LogP contribution in [0.4, 0.5) is 21.9 Å². The topological polar surface area (TPSA) is 80.2 Å². The van der Waals surface area contributed by atoms with Gasteiger partial charge in [0.2, 0.25) is 0 Å². The number of carbonyl (C=O) groups excluding carboxylic acids is 1. The lowest BCUT2D eigenvalue weighted by molar-refractivity contribution is 0.215. The van der Waals surface area contributed by atoms with Crippen LogP contribution in [0.2, 0.25) is 0 Å². The molecule has 0 heterocycles. The van der Waals surface area contributed by atoms with E-state index in [4.69, 9.17) is 9.47 Å². The molecule has 0 aliphatic rings. The smallest absolute Gasteiger partial charge is 0.417 e. The number of para-hydroxylation sites is 1. The number of nitroso groups, excluding NO2 is 1. The van der Waals surface area contributed by atoms with E-state index in [1.165, 1.54) is 5.01 Å². The molecule has 7 heteroatoms. The lowest BCUT2D eigenvalue weighted by atomic mass is 10.2. The molecule has 136 valence electrons. The van der Waals surface area contributed by atoms with Gasteiger partial charge < -0.3 is 9.47 Å². The normalized spacial score (nSPS) is 9.96. The minimum absolute atomic E-state index is 0.447. The fourth-order valence-corrected chi connectivity index (χ4v) is 2.39. The van der Waals surface area contributed by atoms with Gasteiger partial charge in [-0.3, -0.25) is 5.32 Å². The van der Waals surface area contributed by atoms with E-state index in [1.54, 1.807) is 79.9 Å². The molecule has 27 heavy (non-hydrogen) atoms. The number of amides is 1. The molecule has 0 fully saturated rings. The van der Waals surface area contributed by atoms with Crippen molar-refractivity contribution in [2.24, 2.45) is 5.29 Å². The summed E-state index contributed by atoms with van der Waals surface area (Å²) in [7, 11) is 1.57. The molecule has 1 amide bonds. The molecule has 0 bridgehead atoms. The van der Waals surface area contributed by atoms with E-state index in [0.29, 0.717) is 28.6 Å². The first-order valence-electron chi connectivity index (χ1n) is 8.11. The van der Waals surface area contributed by atoms with Crippen LogP contribution in [-0.2, 0) is 0 Å². The van der Waals surface area contributed by atoms with E-state index < -0.39 is 6.09 Å². The van der Waals surface area contributed by atoms with Crippen molar-refractivity contribution >= 4 is 23.2 Å². The van der Waals surface area contributed by atoms with E-state index in [-0.39, 0.29) is 0 Å². The van der Waals surface area contributed by atoms with Crippen LogP contribution in [0.5, 0.6) is 11.5 Å². The van der Waals surface area contributed by atoms with Crippen molar-refractivity contribution in [3.63, 3.8) is 0 Å². The third kappa shape index (κ3) is 4.60. The van der Waals surface area contributed by atoms with Crippen molar-refractivity contribution in [1.82, 2.24) is 0 Å². The third-order valence-electron chi connectivity index (χ3n) is 3.71. The first kappa shape index (κ1) is 17.9. The Morgan fingerprint density at radius 2 is 1.44 bits per heavy atom. The maximum absolute atomic E-state index is 11.9. The lowest BCUT2D eigenvalue weighted by Gasteiger charge is -2.16. The Morgan fingerprint density at radius 1 is 0.852 bits per heavy atom. The van der Waals surface area contributed by atoms with Crippen LogP contribution < -0.4 is 19.8 Å². The molecule has 0 aliphatic carbocycles. The summed E-state index contributed by atoms with van der Waals surface area (Å²) >= 11 is 0. The summed E-state index contributed by atoms with van der Waals surface area (Å²) in [6.07, 6.45) is -0.602. The molecule has 7 nitrogen and oxygen atoms in total. The Bertz CT molecular complexity index is 897. The summed E-state index contributed by atoms with van der Waals surface area (Å²) in [6, 6.07) is 22.3. The maximum Gasteiger partial charge on any atom is 0.417 e. The van der Waals surface area contributed by atoms with Crippen LogP contribution in [0.25, 0.3) is 0 Å². The molecule has 0 aromatic heterocycles. The molecule has 3 aromatic rings. The fourth-order valence-electron chi connectivity index (χ4n) is 2.39. The highest BCUT2D eigenvalue weighted by atomic mass is 16.6. The number of hydrogen-bond acceptors (Lipinski definition) is 5. The van der Waals surface area contributed by atoms with Gasteiger partial charge in [0.05, 0.1) is 23.8 Å². The van der Waals surface area contributed by atoms with Crippen LogP contribution in [-0.4, -0.2) is 13.2 Å². The minimum atomic E-state index is -0.602. The number of nitrogens with zero attached hydrogens (tertiary/aromatic N) is 2. The maximum atomic E-state index is 11.9. The lowest BCUT2D eigenvalue weighted by Crippen LogP contribution is -2.16. The second kappa shape index (κ2) is 8.48. The first-order valence-corrected chi connectivity index (χ1v) is 8.11. The van der Waals surface area contributed by atoms with Crippen molar-refractivity contribution in [3.8, 4) is 11.5 Å². The van der Waals surface area contributed by atoms with Crippen LogP contribution >= 0.6 is 0 Å². The zero-order valence-electron chi connectivity index (χ0n) is 14.5. The second-order valence-electron chi connectivity index (χ2n) is 5.47. The van der Waals surface area contributed by atoms with Gasteiger partial charge in [-0.2, -0.15) is 5.01 Å². The zero-order valence-corrected chi connectivity index (χ0v) is 14.5. The highest BCUT2D eigenvalue weighted by Gasteiger charge is 2.11. The standard InChI is InChI=1S/C20H17N3O4/c1-26-18-13-11-17(12-14-18)23(22-25)16-9-7-15(8-10-16)21-20(24)27-19-5-3-2-4-6-19/h2-14H,1H3,(H,21,24). The fraction of sp³-hybridized carbons (Fsp3) is 0.0500. The number of carbonyl (C=O) groups is 1. The highest BCUT2D eigenvalue weighted by molar-refractivity contribution is 5.86. The molecule has 0 unspecified atom stereocenters. The van der Waals surface area contributed by atoms with Crippen molar-refractivity contribution in [2.75, 3.05) is 17.4 Å². The Labute approximate surface area is 156 Å². The predicted octanol–water partition coefficient (Wildman–Crippen LogP) is 5.13. The number of anilines is 3. The SMILES string of the molecule is COc1ccc(N(N=O)c2ccc(NC(=O)Oc3ccccc3)cc2)cc1. The van der Waals surface area contributed by atoms with Gasteiger partial charge in [0, 0.05) is 5.69 Å². The summed E-state index contributed by atoms with van der Waals surface area (Å²) in [5.74, 6) is 1.13. The van der Waals surface area contributed by atoms with Gasteiger partial charge >= 0.3 is 6.09 Å². The number of benzene rings is 3. The number of ether oxygens (including phenoxy) is 2. The number of hydrogen-bond donors (Lipinski definition) is 1. The first-order chi connectivity index (χ1) is 13.2. The van der Waals surface area contributed by atoms with E-state index in [2.05, 4.69) is 10.6 Å². The zero-order chi connectivity index (χ0) is 19.1. The number of nitrogens with one attached hydrogen (secondary N) is 1. The number of methoxy groups -OCH3 is 1. The van der Waals surface area contributed by atoms with Gasteiger partial charge in [-0.1, -0.05) is 18.2 Å². The second-order valence-corrected chi connectivity index (χ2v) is 5.47. The summed E-state index contributed by atoms with van der Waals surface area (Å²) in [6.45, 7) is 0. The molecule has 0 saturated heterocycles. The monoisotopic (exact) mass is 363 g/mol. The van der Waals surface area contributed by atoms with Crippen LogP contribution in [0.3, 0.4) is 0 Å². The molecule has 3 aromatic carbocycles. The molecule has 0 radical (unpaired) electrons. The van der Waals surface area contributed by atoms with Crippen LogP contribution in [0, 0.1) is 4.91 Å². The van der Waals surface area contributed by atoms with Crippen LogP contribution in [0.15, 0.2) is 84.1 Å². The van der Waals surface area contributed by atoms with E-state index >= 15 is 0 Å². The van der Waals surface area contributed by atoms with Crippen molar-refractivity contribution < 1.29 is 14.3 Å². The van der Waals surface area contributed by atoms with Crippen molar-refractivity contribution in [3.05, 3.63) is 83.8 Å². The molecule has 3 rings (SSSR count). The average molecular weight is 363 g/mol. The molecule has 0 spiro atoms. The van der Waals surface area contributed by atoms with E-state index in [1.807, 2.05) is 6.07 Å². The summed E-state index contributed by atoms with van der Waals surface area (Å²) in [4.78, 5) is 23.2. The van der Waals surface area contributed by atoms with Gasteiger partial charge in [-0.15, -0.1) is 4.91 Å². The molecule has 0 aliphatic heterocycles. The minimum Gasteiger partial charge on any atom is -0.497 e. The summed E-state index contributed by atoms with van der Waals surface area (Å²) < 4.78 is 10.3. The van der Waals surface area contributed by atoms with Crippen LogP contribution in [0.1, 0.15) is 0 Å². The largest absolute Gasteiger partial charge is 0.497 e. The third-order valence-corrected chi connectivity index (χ3v) is 3.71. The summed E-state index contributed by atoms with van der Waals surface area (Å²) in [5.41, 5.74) is 1.67. The Balaban J connectivity index is 1.67. The number of rotatable bonds is 6. The van der Waals surface area contributed by atoms with Crippen molar-refractivity contribution in [1.29, 1.82) is 0 Å². The van der Waals surface area contributed by atoms with Gasteiger partial charge in [0.25, 0.3) is 0 Å². The molecular formula is C20H17N3O4. The Hall–Kier alpha value is -3.87. The molecule has 0 atom stereocenters. The molecule has 1 N–H and O–H groups in total. The Morgan fingerprint density at radius 3 is 2.00 bits per heavy atom. The molecule has 0 saturated carbocycles. The summed E-state index contributed by atoms with van der Waals surface area (Å²) in [5, 5.41) is 6.93. The molecular weight excluding hydrogens is 346 g/mol. The van der Waals surface area contributed by atoms with E-state index in [9.17, 15) is 9.70 Å². The van der Waals surface area contributed by atoms with E-state index in [0.717, 1.165) is 0 Å². The average Bonchev–Trinajstić information content (AvgIpc) is 2.71. The van der Waals surface area contributed by atoms with Crippen molar-refractivity contribution in [2.45, 2.75) is 0 Å². The quantitative estimate of drug-likeness (QED) is 0.485.